The first-order valence-corrected chi connectivity index (χ1v) is 9.72. The van der Waals surface area contributed by atoms with E-state index in [4.69, 9.17) is 14.2 Å². The van der Waals surface area contributed by atoms with Crippen LogP contribution in [0.2, 0.25) is 0 Å². The lowest BCUT2D eigenvalue weighted by Gasteiger charge is -2.28. The maximum atomic E-state index is 12.4. The van der Waals surface area contributed by atoms with Crippen molar-refractivity contribution in [3.05, 3.63) is 90.3 Å². The molecule has 0 bridgehead atoms. The van der Waals surface area contributed by atoms with Gasteiger partial charge in [0.05, 0.1) is 12.8 Å². The van der Waals surface area contributed by atoms with Crippen LogP contribution in [0.1, 0.15) is 18.2 Å². The Hall–Kier alpha value is -3.38. The van der Waals surface area contributed by atoms with E-state index in [9.17, 15) is 4.79 Å². The van der Waals surface area contributed by atoms with Gasteiger partial charge in [0.25, 0.3) is 0 Å². The normalized spacial score (nSPS) is 12.6. The fraction of sp³-hybridized carbons (Fsp3) is 0.250. The Kier molecular flexibility index (Phi) is 7.40. The summed E-state index contributed by atoms with van der Waals surface area (Å²) in [6.45, 7) is 2.81. The van der Waals surface area contributed by atoms with Gasteiger partial charge in [-0.25, -0.2) is 4.79 Å². The summed E-state index contributed by atoms with van der Waals surface area (Å²) in [5, 5.41) is 3.26. The molecule has 1 atom stereocenters. The zero-order chi connectivity index (χ0) is 21.2. The highest BCUT2D eigenvalue weighted by molar-refractivity contribution is 5.80. The summed E-state index contributed by atoms with van der Waals surface area (Å²) in [5.74, 6) is 1.07. The zero-order valence-electron chi connectivity index (χ0n) is 17.2. The molecule has 1 unspecified atom stereocenters. The minimum absolute atomic E-state index is 0.148. The lowest BCUT2D eigenvalue weighted by Crippen LogP contribution is -2.54. The monoisotopic (exact) mass is 406 g/mol. The third kappa shape index (κ3) is 6.06. The van der Waals surface area contributed by atoms with Crippen LogP contribution in [-0.4, -0.2) is 30.2 Å². The van der Waals surface area contributed by atoms with E-state index in [1.165, 1.54) is 7.11 Å². The molecule has 3 aromatic rings. The predicted molar refractivity (Wildman–Crippen MR) is 114 cm³/mol. The Balaban J connectivity index is 1.56. The van der Waals surface area contributed by atoms with E-state index >= 15 is 0 Å². The third-order valence-corrected chi connectivity index (χ3v) is 4.63. The Bertz CT molecular complexity index is 917. The van der Waals surface area contributed by atoms with Crippen molar-refractivity contribution in [3.63, 3.8) is 0 Å². The number of benzene rings is 2. The molecule has 0 saturated carbocycles. The number of rotatable bonds is 10. The Morgan fingerprint density at radius 2 is 1.63 bits per heavy atom. The van der Waals surface area contributed by atoms with Crippen LogP contribution in [0.15, 0.2) is 79.0 Å². The molecule has 30 heavy (non-hydrogen) atoms. The van der Waals surface area contributed by atoms with Gasteiger partial charge < -0.3 is 14.2 Å². The second kappa shape index (κ2) is 10.4. The number of nitrogens with one attached hydrogen (secondary N) is 1. The summed E-state index contributed by atoms with van der Waals surface area (Å²) in [4.78, 5) is 16.6. The van der Waals surface area contributed by atoms with Gasteiger partial charge in [0.2, 0.25) is 0 Å². The van der Waals surface area contributed by atoms with Crippen molar-refractivity contribution in [1.29, 1.82) is 0 Å². The molecule has 0 radical (unpaired) electrons. The number of methoxy groups -OCH3 is 1. The number of esters is 1. The molecule has 1 heterocycles. The standard InChI is InChI=1S/C24H26N2O4/c1-24(23(27)28-2,18-30-21-9-4-3-5-10-21)26-16-19-11-13-22(14-12-19)29-17-20-8-6-7-15-25-20/h3-15,26H,16-18H2,1-2H3. The number of nitrogens with zero attached hydrogens (tertiary/aromatic N) is 1. The predicted octanol–water partition coefficient (Wildman–Crippen LogP) is 3.76. The molecule has 0 saturated heterocycles. The lowest BCUT2D eigenvalue weighted by atomic mass is 10.0. The SMILES string of the molecule is COC(=O)C(C)(COc1ccccc1)NCc1ccc(OCc2ccccn2)cc1. The van der Waals surface area contributed by atoms with E-state index in [0.717, 1.165) is 17.0 Å². The number of carbonyl (C=O) groups excluding carboxylic acids is 1. The van der Waals surface area contributed by atoms with Crippen LogP contribution in [0.3, 0.4) is 0 Å². The van der Waals surface area contributed by atoms with Crippen LogP contribution in [0.4, 0.5) is 0 Å². The number of carbonyl (C=O) groups is 1. The van der Waals surface area contributed by atoms with E-state index in [-0.39, 0.29) is 12.6 Å². The van der Waals surface area contributed by atoms with Crippen LogP contribution < -0.4 is 14.8 Å². The molecule has 6 nitrogen and oxygen atoms in total. The molecule has 6 heteroatoms. The van der Waals surface area contributed by atoms with E-state index in [1.54, 1.807) is 13.1 Å². The van der Waals surface area contributed by atoms with Gasteiger partial charge in [0.15, 0.2) is 0 Å². The molecule has 3 rings (SSSR count). The van der Waals surface area contributed by atoms with Gasteiger partial charge in [-0.05, 0) is 48.9 Å². The summed E-state index contributed by atoms with van der Waals surface area (Å²) < 4.78 is 16.5. The van der Waals surface area contributed by atoms with Gasteiger partial charge in [-0.2, -0.15) is 0 Å². The van der Waals surface area contributed by atoms with Crippen molar-refractivity contribution in [1.82, 2.24) is 10.3 Å². The van der Waals surface area contributed by atoms with Crippen LogP contribution in [-0.2, 0) is 22.7 Å². The second-order valence-corrected chi connectivity index (χ2v) is 7.03. The number of hydrogen-bond acceptors (Lipinski definition) is 6. The zero-order valence-corrected chi connectivity index (χ0v) is 17.2. The Morgan fingerprint density at radius 3 is 2.30 bits per heavy atom. The van der Waals surface area contributed by atoms with Gasteiger partial charge >= 0.3 is 5.97 Å². The maximum absolute atomic E-state index is 12.4. The first kappa shape index (κ1) is 21.3. The molecule has 1 N–H and O–H groups in total. The molecule has 0 fully saturated rings. The summed E-state index contributed by atoms with van der Waals surface area (Å²) in [5.41, 5.74) is 0.893. The minimum atomic E-state index is -0.987. The molecule has 0 aliphatic rings. The highest BCUT2D eigenvalue weighted by Crippen LogP contribution is 2.17. The number of aromatic nitrogens is 1. The molecule has 0 amide bonds. The topological polar surface area (TPSA) is 69.7 Å². The van der Waals surface area contributed by atoms with Crippen molar-refractivity contribution < 1.29 is 19.0 Å². The third-order valence-electron chi connectivity index (χ3n) is 4.63. The van der Waals surface area contributed by atoms with Crippen molar-refractivity contribution in [3.8, 4) is 11.5 Å². The summed E-state index contributed by atoms with van der Waals surface area (Å²) in [6.07, 6.45) is 1.74. The van der Waals surface area contributed by atoms with E-state index in [0.29, 0.717) is 18.9 Å². The van der Waals surface area contributed by atoms with Crippen molar-refractivity contribution in [2.75, 3.05) is 13.7 Å². The lowest BCUT2D eigenvalue weighted by molar-refractivity contribution is -0.149. The molecule has 0 aliphatic carbocycles. The molecule has 0 aliphatic heterocycles. The Labute approximate surface area is 176 Å². The van der Waals surface area contributed by atoms with Gasteiger partial charge in [-0.15, -0.1) is 0 Å². The van der Waals surface area contributed by atoms with E-state index < -0.39 is 5.54 Å². The number of ether oxygens (including phenoxy) is 3. The number of para-hydroxylation sites is 1. The molecule has 1 aromatic heterocycles. The van der Waals surface area contributed by atoms with Gasteiger partial charge in [0.1, 0.15) is 30.3 Å². The van der Waals surface area contributed by atoms with Crippen LogP contribution in [0, 0.1) is 0 Å². The van der Waals surface area contributed by atoms with Gasteiger partial charge in [-0.3, -0.25) is 10.3 Å². The van der Waals surface area contributed by atoms with Gasteiger partial charge in [0, 0.05) is 12.7 Å². The first-order valence-electron chi connectivity index (χ1n) is 9.72. The van der Waals surface area contributed by atoms with Crippen molar-refractivity contribution in [2.24, 2.45) is 0 Å². The first-order chi connectivity index (χ1) is 14.6. The quantitative estimate of drug-likeness (QED) is 0.517. The second-order valence-electron chi connectivity index (χ2n) is 7.03. The largest absolute Gasteiger partial charge is 0.491 e. The van der Waals surface area contributed by atoms with Crippen LogP contribution in [0.25, 0.3) is 0 Å². The average molecular weight is 406 g/mol. The van der Waals surface area contributed by atoms with Crippen molar-refractivity contribution in [2.45, 2.75) is 25.6 Å². The number of pyridine rings is 1. The fourth-order valence-corrected chi connectivity index (χ4v) is 2.79. The highest BCUT2D eigenvalue weighted by Gasteiger charge is 2.35. The summed E-state index contributed by atoms with van der Waals surface area (Å²) in [6, 6.07) is 22.8. The van der Waals surface area contributed by atoms with E-state index in [2.05, 4.69) is 10.3 Å². The molecule has 156 valence electrons. The smallest absolute Gasteiger partial charge is 0.329 e. The van der Waals surface area contributed by atoms with Crippen molar-refractivity contribution >= 4 is 5.97 Å². The minimum Gasteiger partial charge on any atom is -0.491 e. The number of hydrogen-bond donors (Lipinski definition) is 1. The average Bonchev–Trinajstić information content (AvgIpc) is 2.81. The molecule has 0 spiro atoms. The van der Waals surface area contributed by atoms with Gasteiger partial charge in [-0.1, -0.05) is 36.4 Å². The molecule has 2 aromatic carbocycles. The summed E-state index contributed by atoms with van der Waals surface area (Å²) in [7, 11) is 1.37. The highest BCUT2D eigenvalue weighted by atomic mass is 16.5. The van der Waals surface area contributed by atoms with Crippen LogP contribution >= 0.6 is 0 Å². The summed E-state index contributed by atoms with van der Waals surface area (Å²) >= 11 is 0. The maximum Gasteiger partial charge on any atom is 0.329 e. The van der Waals surface area contributed by atoms with E-state index in [1.807, 2.05) is 72.8 Å². The van der Waals surface area contributed by atoms with Crippen LogP contribution in [0.5, 0.6) is 11.5 Å². The molecular weight excluding hydrogens is 380 g/mol. The molecular formula is C24H26N2O4. The Morgan fingerprint density at radius 1 is 0.933 bits per heavy atom. The fourth-order valence-electron chi connectivity index (χ4n) is 2.79.